The van der Waals surface area contributed by atoms with Gasteiger partial charge in [-0.05, 0) is 53.8 Å². The maximum Gasteiger partial charge on any atom is 0.296 e. The number of amides is 1. The van der Waals surface area contributed by atoms with Crippen LogP contribution in [-0.4, -0.2) is 46.0 Å². The van der Waals surface area contributed by atoms with E-state index in [2.05, 4.69) is 4.98 Å². The number of rotatable bonds is 8. The number of hydrogen-bond acceptors (Lipinski definition) is 5. The van der Waals surface area contributed by atoms with Gasteiger partial charge in [0.15, 0.2) is 0 Å². The van der Waals surface area contributed by atoms with Crippen LogP contribution in [0, 0.1) is 5.82 Å². The zero-order valence-corrected chi connectivity index (χ0v) is 19.4. The number of halogens is 1. The van der Waals surface area contributed by atoms with Crippen molar-refractivity contribution >= 4 is 16.8 Å². The van der Waals surface area contributed by atoms with E-state index in [4.69, 9.17) is 9.47 Å². The number of carbonyl (C=O) groups is 1. The third-order valence-electron chi connectivity index (χ3n) is 6.31. The first-order chi connectivity index (χ1) is 17.0. The normalized spacial score (nSPS) is 13.3. The molecule has 0 atom stereocenters. The van der Waals surface area contributed by atoms with Crippen molar-refractivity contribution in [2.24, 2.45) is 0 Å². The Morgan fingerprint density at radius 3 is 2.77 bits per heavy atom. The van der Waals surface area contributed by atoms with Gasteiger partial charge in [-0.3, -0.25) is 10.0 Å². The topological polar surface area (TPSA) is 76.8 Å². The quantitative estimate of drug-likeness (QED) is 0.302. The third kappa shape index (κ3) is 4.76. The molecular formula is C27H26FN3O4. The molecule has 0 aliphatic carbocycles. The van der Waals surface area contributed by atoms with Gasteiger partial charge in [0.1, 0.15) is 17.3 Å². The first-order valence-electron chi connectivity index (χ1n) is 11.5. The molecule has 35 heavy (non-hydrogen) atoms. The molecule has 8 heteroatoms. The SMILES string of the molecule is COc1cccc(CCOCc2cn(Cc3ccc(F)cc3)c3cnc4c(c23)CCN(O)C4=O)c1. The minimum atomic E-state index is -0.496. The number of hydroxylamine groups is 2. The number of fused-ring (bicyclic) bond motifs is 3. The van der Waals surface area contributed by atoms with Crippen LogP contribution < -0.4 is 4.74 Å². The molecule has 0 saturated carbocycles. The predicted octanol–water partition coefficient (Wildman–Crippen LogP) is 4.38. The number of methoxy groups -OCH3 is 1. The molecule has 1 amide bonds. The Balaban J connectivity index is 1.43. The van der Waals surface area contributed by atoms with E-state index in [0.717, 1.165) is 45.3 Å². The van der Waals surface area contributed by atoms with Gasteiger partial charge >= 0.3 is 0 Å². The van der Waals surface area contributed by atoms with E-state index in [9.17, 15) is 14.4 Å². The zero-order chi connectivity index (χ0) is 24.4. The molecule has 1 N–H and O–H groups in total. The van der Waals surface area contributed by atoms with E-state index in [0.29, 0.717) is 31.2 Å². The highest BCUT2D eigenvalue weighted by atomic mass is 19.1. The molecule has 0 unspecified atom stereocenters. The van der Waals surface area contributed by atoms with Crippen molar-refractivity contribution in [3.8, 4) is 5.75 Å². The molecule has 0 fully saturated rings. The highest BCUT2D eigenvalue weighted by molar-refractivity contribution is 6.00. The third-order valence-corrected chi connectivity index (χ3v) is 6.31. The van der Waals surface area contributed by atoms with Crippen LogP contribution in [-0.2, 0) is 30.7 Å². The van der Waals surface area contributed by atoms with E-state index in [1.807, 2.05) is 35.0 Å². The highest BCUT2D eigenvalue weighted by Crippen LogP contribution is 2.31. The summed E-state index contributed by atoms with van der Waals surface area (Å²) in [5.41, 5.74) is 4.98. The number of benzene rings is 2. The van der Waals surface area contributed by atoms with E-state index in [1.165, 1.54) is 12.1 Å². The lowest BCUT2D eigenvalue weighted by atomic mass is 9.99. The molecule has 3 heterocycles. The van der Waals surface area contributed by atoms with Crippen molar-refractivity contribution in [3.63, 3.8) is 0 Å². The van der Waals surface area contributed by atoms with Gasteiger partial charge in [-0.2, -0.15) is 0 Å². The van der Waals surface area contributed by atoms with Crippen molar-refractivity contribution in [3.05, 3.63) is 94.7 Å². The highest BCUT2D eigenvalue weighted by Gasteiger charge is 2.28. The second kappa shape index (κ2) is 9.85. The summed E-state index contributed by atoms with van der Waals surface area (Å²) in [4.78, 5) is 16.9. The van der Waals surface area contributed by atoms with Gasteiger partial charge in [0, 0.05) is 23.7 Å². The molecule has 0 spiro atoms. The van der Waals surface area contributed by atoms with Gasteiger partial charge in [0.25, 0.3) is 5.91 Å². The van der Waals surface area contributed by atoms with E-state index < -0.39 is 5.91 Å². The monoisotopic (exact) mass is 475 g/mol. The molecule has 180 valence electrons. The van der Waals surface area contributed by atoms with Gasteiger partial charge in [0.2, 0.25) is 0 Å². The summed E-state index contributed by atoms with van der Waals surface area (Å²) in [7, 11) is 1.65. The summed E-state index contributed by atoms with van der Waals surface area (Å²) in [5.74, 6) is 0.0384. The van der Waals surface area contributed by atoms with Crippen LogP contribution in [0.15, 0.2) is 60.9 Å². The smallest absolute Gasteiger partial charge is 0.296 e. The second-order valence-electron chi connectivity index (χ2n) is 8.59. The molecule has 4 aromatic rings. The minimum Gasteiger partial charge on any atom is -0.497 e. The molecule has 1 aliphatic rings. The average molecular weight is 476 g/mol. The van der Waals surface area contributed by atoms with Crippen molar-refractivity contribution in [1.82, 2.24) is 14.6 Å². The average Bonchev–Trinajstić information content (AvgIpc) is 3.23. The Morgan fingerprint density at radius 2 is 1.97 bits per heavy atom. The zero-order valence-electron chi connectivity index (χ0n) is 19.4. The summed E-state index contributed by atoms with van der Waals surface area (Å²) in [6.07, 6.45) is 4.91. The Bertz CT molecular complexity index is 1370. The van der Waals surface area contributed by atoms with Crippen LogP contribution >= 0.6 is 0 Å². The van der Waals surface area contributed by atoms with Crippen molar-refractivity contribution in [1.29, 1.82) is 0 Å². The Morgan fingerprint density at radius 1 is 1.14 bits per heavy atom. The summed E-state index contributed by atoms with van der Waals surface area (Å²) >= 11 is 0. The van der Waals surface area contributed by atoms with Crippen LogP contribution in [0.25, 0.3) is 10.9 Å². The summed E-state index contributed by atoms with van der Waals surface area (Å²) in [6, 6.07) is 14.3. The van der Waals surface area contributed by atoms with Gasteiger partial charge in [0.05, 0.1) is 38.6 Å². The molecule has 1 aliphatic heterocycles. The first kappa shape index (κ1) is 23.0. The van der Waals surface area contributed by atoms with Crippen LogP contribution in [0.3, 0.4) is 0 Å². The Labute approximate surface area is 202 Å². The van der Waals surface area contributed by atoms with Gasteiger partial charge in [-0.1, -0.05) is 24.3 Å². The van der Waals surface area contributed by atoms with Gasteiger partial charge in [-0.15, -0.1) is 0 Å². The maximum absolute atomic E-state index is 13.4. The molecule has 2 aromatic heterocycles. The molecule has 0 saturated heterocycles. The van der Waals surface area contributed by atoms with E-state index in [1.54, 1.807) is 25.4 Å². The number of carbonyl (C=O) groups excluding carboxylic acids is 1. The predicted molar refractivity (Wildman–Crippen MR) is 128 cm³/mol. The van der Waals surface area contributed by atoms with Crippen LogP contribution in [0.5, 0.6) is 5.75 Å². The van der Waals surface area contributed by atoms with Gasteiger partial charge in [-0.25, -0.2) is 14.4 Å². The van der Waals surface area contributed by atoms with Crippen molar-refractivity contribution in [2.75, 3.05) is 20.3 Å². The largest absolute Gasteiger partial charge is 0.497 e. The molecule has 7 nitrogen and oxygen atoms in total. The van der Waals surface area contributed by atoms with Crippen molar-refractivity contribution < 1.29 is 23.9 Å². The Kier molecular flexibility index (Phi) is 6.48. The molecular weight excluding hydrogens is 449 g/mol. The number of pyridine rings is 1. The fourth-order valence-corrected chi connectivity index (χ4v) is 4.54. The number of aromatic nitrogens is 2. The Hall–Kier alpha value is -3.75. The maximum atomic E-state index is 13.4. The van der Waals surface area contributed by atoms with E-state index >= 15 is 0 Å². The van der Waals surface area contributed by atoms with Gasteiger partial charge < -0.3 is 14.0 Å². The number of nitrogens with zero attached hydrogens (tertiary/aromatic N) is 3. The van der Waals surface area contributed by atoms with Crippen LogP contribution in [0.1, 0.15) is 32.7 Å². The molecule has 0 radical (unpaired) electrons. The number of ether oxygens (including phenoxy) is 2. The first-order valence-corrected chi connectivity index (χ1v) is 11.5. The van der Waals surface area contributed by atoms with Crippen LogP contribution in [0.4, 0.5) is 4.39 Å². The molecule has 0 bridgehead atoms. The second-order valence-corrected chi connectivity index (χ2v) is 8.59. The van der Waals surface area contributed by atoms with Crippen LogP contribution in [0.2, 0.25) is 0 Å². The summed E-state index contributed by atoms with van der Waals surface area (Å²) < 4.78 is 26.8. The lowest BCUT2D eigenvalue weighted by molar-refractivity contribution is -0.0606. The number of hydrogen-bond donors (Lipinski definition) is 1. The lowest BCUT2D eigenvalue weighted by Gasteiger charge is -2.23. The van der Waals surface area contributed by atoms with E-state index in [-0.39, 0.29) is 18.1 Å². The minimum absolute atomic E-state index is 0.214. The standard InChI is InChI=1S/C27H26FN3O4/c1-34-22-4-2-3-18(13-22)10-12-35-17-20-16-30(15-19-5-7-21(28)8-6-19)24-14-29-26-23(25(20)24)9-11-31(33)27(26)32/h2-8,13-14,16,33H,9-12,15,17H2,1H3. The summed E-state index contributed by atoms with van der Waals surface area (Å²) in [5, 5.41) is 11.5. The molecule has 5 rings (SSSR count). The summed E-state index contributed by atoms with van der Waals surface area (Å²) in [6.45, 7) is 1.63. The fraction of sp³-hybridized carbons (Fsp3) is 0.259. The van der Waals surface area contributed by atoms with Crippen molar-refractivity contribution in [2.45, 2.75) is 26.0 Å². The fourth-order valence-electron chi connectivity index (χ4n) is 4.54. The lowest BCUT2D eigenvalue weighted by Crippen LogP contribution is -2.35. The molecule has 2 aromatic carbocycles.